The molecule has 0 aliphatic carbocycles. The summed E-state index contributed by atoms with van der Waals surface area (Å²) in [6.07, 6.45) is 9.79. The fraction of sp³-hybridized carbons (Fsp3) is 0.615. The summed E-state index contributed by atoms with van der Waals surface area (Å²) in [5.41, 5.74) is 0.852. The lowest BCUT2D eigenvalue weighted by Crippen LogP contribution is -2.46. The van der Waals surface area contributed by atoms with E-state index in [0.29, 0.717) is 25.2 Å². The fourth-order valence-electron chi connectivity index (χ4n) is 5.68. The van der Waals surface area contributed by atoms with Crippen molar-refractivity contribution in [3.8, 4) is 0 Å². The summed E-state index contributed by atoms with van der Waals surface area (Å²) < 4.78 is 27.5. The van der Waals surface area contributed by atoms with E-state index in [2.05, 4.69) is 20.1 Å². The van der Waals surface area contributed by atoms with Crippen molar-refractivity contribution in [1.82, 2.24) is 19.2 Å². The molecule has 0 radical (unpaired) electrons. The van der Waals surface area contributed by atoms with E-state index in [1.54, 1.807) is 4.31 Å². The molecule has 1 N–H and O–H groups in total. The van der Waals surface area contributed by atoms with Crippen LogP contribution in [0.5, 0.6) is 0 Å². The lowest BCUT2D eigenvalue weighted by Gasteiger charge is -2.36. The lowest BCUT2D eigenvalue weighted by molar-refractivity contribution is 0.167. The first-order valence-corrected chi connectivity index (χ1v) is 14.8. The molecular formula is C26H38N6O2S. The molecule has 190 valence electrons. The van der Waals surface area contributed by atoms with E-state index in [9.17, 15) is 8.42 Å². The topological polar surface area (TPSA) is 81.7 Å². The summed E-state index contributed by atoms with van der Waals surface area (Å²) in [5, 5.41) is 3.57. The van der Waals surface area contributed by atoms with E-state index in [1.165, 1.54) is 25.7 Å². The van der Waals surface area contributed by atoms with E-state index >= 15 is 0 Å². The highest BCUT2D eigenvalue weighted by atomic mass is 32.2. The number of rotatable bonds is 7. The zero-order valence-electron chi connectivity index (χ0n) is 20.6. The highest BCUT2D eigenvalue weighted by molar-refractivity contribution is 7.88. The van der Waals surface area contributed by atoms with Gasteiger partial charge in [-0.1, -0.05) is 43.2 Å². The van der Waals surface area contributed by atoms with Crippen LogP contribution in [0.4, 0.5) is 11.8 Å². The van der Waals surface area contributed by atoms with Crippen molar-refractivity contribution in [2.24, 2.45) is 0 Å². The van der Waals surface area contributed by atoms with Gasteiger partial charge in [0.15, 0.2) is 0 Å². The summed E-state index contributed by atoms with van der Waals surface area (Å²) in [6.45, 7) is 5.36. The molecule has 4 heterocycles. The van der Waals surface area contributed by atoms with Gasteiger partial charge in [0.1, 0.15) is 5.82 Å². The van der Waals surface area contributed by atoms with Crippen molar-refractivity contribution < 1.29 is 8.42 Å². The molecule has 1 aromatic heterocycles. The number of anilines is 2. The minimum absolute atomic E-state index is 0.0880. The predicted molar refractivity (Wildman–Crippen MR) is 140 cm³/mol. The van der Waals surface area contributed by atoms with Gasteiger partial charge in [-0.05, 0) is 43.7 Å². The maximum Gasteiger partial charge on any atom is 0.224 e. The molecule has 9 heteroatoms. The number of sulfonamides is 1. The molecule has 0 spiro atoms. The monoisotopic (exact) mass is 498 g/mol. The second-order valence-electron chi connectivity index (χ2n) is 10.1. The van der Waals surface area contributed by atoms with Gasteiger partial charge in [0, 0.05) is 57.5 Å². The summed E-state index contributed by atoms with van der Waals surface area (Å²) in [4.78, 5) is 14.2. The van der Waals surface area contributed by atoms with Crippen molar-refractivity contribution in [3.05, 3.63) is 48.2 Å². The Bertz CT molecular complexity index is 1050. The Hall–Kier alpha value is -2.23. The predicted octanol–water partition coefficient (Wildman–Crippen LogP) is 3.34. The van der Waals surface area contributed by atoms with Crippen molar-refractivity contribution in [3.63, 3.8) is 0 Å². The Morgan fingerprint density at radius 2 is 1.63 bits per heavy atom. The Morgan fingerprint density at radius 1 is 0.886 bits per heavy atom. The van der Waals surface area contributed by atoms with Gasteiger partial charge < -0.3 is 10.2 Å². The standard InChI is InChI=1S/C26H38N6O2S/c33-35(34,21-22-8-4-3-5-9-22)32-18-12-24(13-19-32)31-17-11-23(20-31)28-26-27-14-10-25(29-26)30-15-6-1-2-7-16-30/h3-5,8-10,14,23-24H,1-2,6-7,11-13,15-21H2,(H,27,28,29). The van der Waals surface area contributed by atoms with Crippen LogP contribution < -0.4 is 10.2 Å². The van der Waals surface area contributed by atoms with E-state index in [1.807, 2.05) is 42.6 Å². The van der Waals surface area contributed by atoms with Gasteiger partial charge in [0.25, 0.3) is 0 Å². The molecule has 1 unspecified atom stereocenters. The molecule has 3 saturated heterocycles. The van der Waals surface area contributed by atoms with Crippen LogP contribution in [-0.4, -0.2) is 78.9 Å². The van der Waals surface area contributed by atoms with Crippen molar-refractivity contribution in [2.75, 3.05) is 49.5 Å². The molecule has 1 aromatic carbocycles. The Morgan fingerprint density at radius 3 is 2.37 bits per heavy atom. The van der Waals surface area contributed by atoms with Crippen molar-refractivity contribution >= 4 is 21.8 Å². The molecule has 3 aliphatic heterocycles. The Labute approximate surface area is 209 Å². The maximum absolute atomic E-state index is 12.9. The van der Waals surface area contributed by atoms with E-state index < -0.39 is 10.0 Å². The van der Waals surface area contributed by atoms with Gasteiger partial charge in [-0.15, -0.1) is 0 Å². The summed E-state index contributed by atoms with van der Waals surface area (Å²) in [6, 6.07) is 12.3. The molecule has 0 amide bonds. The highest BCUT2D eigenvalue weighted by Gasteiger charge is 2.34. The largest absolute Gasteiger partial charge is 0.356 e. The number of nitrogens with one attached hydrogen (secondary N) is 1. The van der Waals surface area contributed by atoms with Crippen LogP contribution in [-0.2, 0) is 15.8 Å². The maximum atomic E-state index is 12.9. The van der Waals surface area contributed by atoms with Gasteiger partial charge in [0.2, 0.25) is 16.0 Å². The molecule has 0 bridgehead atoms. The quantitative estimate of drug-likeness (QED) is 0.627. The third kappa shape index (κ3) is 6.32. The first kappa shape index (κ1) is 24.5. The first-order chi connectivity index (χ1) is 17.1. The van der Waals surface area contributed by atoms with Gasteiger partial charge in [-0.25, -0.2) is 17.7 Å². The van der Waals surface area contributed by atoms with Crippen LogP contribution in [0.1, 0.15) is 50.5 Å². The Kier molecular flexibility index (Phi) is 7.84. The van der Waals surface area contributed by atoms with Crippen LogP contribution >= 0.6 is 0 Å². The average molecular weight is 499 g/mol. The summed E-state index contributed by atoms with van der Waals surface area (Å²) >= 11 is 0. The fourth-order valence-corrected chi connectivity index (χ4v) is 7.24. The lowest BCUT2D eigenvalue weighted by atomic mass is 10.1. The van der Waals surface area contributed by atoms with Gasteiger partial charge in [0.05, 0.1) is 5.75 Å². The van der Waals surface area contributed by atoms with Crippen LogP contribution in [0.25, 0.3) is 0 Å². The molecule has 3 fully saturated rings. The zero-order valence-corrected chi connectivity index (χ0v) is 21.4. The number of piperidine rings is 1. The highest BCUT2D eigenvalue weighted by Crippen LogP contribution is 2.25. The first-order valence-electron chi connectivity index (χ1n) is 13.2. The van der Waals surface area contributed by atoms with Crippen LogP contribution in [0.2, 0.25) is 0 Å². The van der Waals surface area contributed by atoms with Crippen molar-refractivity contribution in [2.45, 2.75) is 62.8 Å². The molecule has 35 heavy (non-hydrogen) atoms. The SMILES string of the molecule is O=S(=O)(Cc1ccccc1)N1CCC(N2CCC(Nc3nccc(N4CCCCCC4)n3)C2)CC1. The van der Waals surface area contributed by atoms with Crippen LogP contribution in [0.15, 0.2) is 42.6 Å². The molecule has 3 aliphatic rings. The molecule has 8 nitrogen and oxygen atoms in total. The molecule has 5 rings (SSSR count). The van der Waals surface area contributed by atoms with Crippen LogP contribution in [0, 0.1) is 0 Å². The normalized spacial score (nSPS) is 23.3. The second-order valence-corrected chi connectivity index (χ2v) is 12.1. The number of benzene rings is 1. The molecule has 1 atom stereocenters. The number of nitrogens with zero attached hydrogens (tertiary/aromatic N) is 5. The van der Waals surface area contributed by atoms with Crippen LogP contribution in [0.3, 0.4) is 0 Å². The minimum Gasteiger partial charge on any atom is -0.356 e. The number of hydrogen-bond acceptors (Lipinski definition) is 7. The molecular weight excluding hydrogens is 460 g/mol. The molecule has 2 aromatic rings. The smallest absolute Gasteiger partial charge is 0.224 e. The van der Waals surface area contributed by atoms with Gasteiger partial charge in [-0.2, -0.15) is 4.98 Å². The summed E-state index contributed by atoms with van der Waals surface area (Å²) in [7, 11) is -3.27. The zero-order chi connectivity index (χ0) is 24.1. The third-order valence-corrected chi connectivity index (χ3v) is 9.50. The average Bonchev–Trinajstić information content (AvgIpc) is 3.16. The number of likely N-dealkylation sites (tertiary alicyclic amines) is 1. The van der Waals surface area contributed by atoms with E-state index in [0.717, 1.165) is 62.8 Å². The second kappa shape index (κ2) is 11.2. The third-order valence-electron chi connectivity index (χ3n) is 7.65. The Balaban J connectivity index is 1.11. The number of aromatic nitrogens is 2. The van der Waals surface area contributed by atoms with Gasteiger partial charge >= 0.3 is 0 Å². The van der Waals surface area contributed by atoms with E-state index in [4.69, 9.17) is 4.98 Å². The van der Waals surface area contributed by atoms with Crippen molar-refractivity contribution in [1.29, 1.82) is 0 Å². The summed E-state index contributed by atoms with van der Waals surface area (Å²) in [5.74, 6) is 1.84. The van der Waals surface area contributed by atoms with Gasteiger partial charge in [-0.3, -0.25) is 4.90 Å². The van der Waals surface area contributed by atoms with E-state index in [-0.39, 0.29) is 5.75 Å². The minimum atomic E-state index is -3.27. The molecule has 0 saturated carbocycles. The number of hydrogen-bond donors (Lipinski definition) is 1.